The van der Waals surface area contributed by atoms with E-state index >= 15 is 0 Å². The Morgan fingerprint density at radius 2 is 1.76 bits per heavy atom. The summed E-state index contributed by atoms with van der Waals surface area (Å²) in [4.78, 5) is 0. The summed E-state index contributed by atoms with van der Waals surface area (Å²) in [5, 5.41) is 0. The number of ether oxygens (including phenoxy) is 1. The molecule has 0 unspecified atom stereocenters. The van der Waals surface area contributed by atoms with Gasteiger partial charge in [-0.2, -0.15) is 0 Å². The molecule has 2 rings (SSSR count). The maximum atomic E-state index is 13.4. The molecule has 0 aliphatic carbocycles. The van der Waals surface area contributed by atoms with E-state index in [0.29, 0.717) is 11.8 Å². The quantitative estimate of drug-likeness (QED) is 0.728. The zero-order chi connectivity index (χ0) is 12.1. The topological polar surface area (TPSA) is 9.23 Å². The number of benzene rings is 2. The van der Waals surface area contributed by atoms with Crippen molar-refractivity contribution in [3.8, 4) is 5.75 Å². The largest absolute Gasteiger partial charge is 0.497 e. The maximum absolute atomic E-state index is 13.4. The van der Waals surface area contributed by atoms with Crippen molar-refractivity contribution in [2.75, 3.05) is 7.11 Å². The van der Waals surface area contributed by atoms with Crippen LogP contribution in [0.4, 0.5) is 4.39 Å². The lowest BCUT2D eigenvalue weighted by Gasteiger charge is -2.17. The third-order valence-corrected chi connectivity index (χ3v) is 2.62. The second kappa shape index (κ2) is 5.53. The second-order valence-corrected chi connectivity index (χ2v) is 3.78. The summed E-state index contributed by atoms with van der Waals surface area (Å²) >= 11 is 0. The first-order valence-electron chi connectivity index (χ1n) is 5.50. The Bertz CT molecular complexity index is 482. The lowest BCUT2D eigenvalue weighted by Crippen LogP contribution is -2.20. The van der Waals surface area contributed by atoms with Crippen molar-refractivity contribution < 1.29 is 9.13 Å². The molecule has 0 aromatic heterocycles. The SMILES string of the molecule is COc1ccc(C[B-]c2ccccc2F)cc1. The molecule has 0 heterocycles. The molecule has 2 aromatic carbocycles. The molecule has 0 spiro atoms. The van der Waals surface area contributed by atoms with Crippen LogP contribution in [0.5, 0.6) is 5.75 Å². The molecule has 2 radical (unpaired) electrons. The van der Waals surface area contributed by atoms with E-state index in [4.69, 9.17) is 4.74 Å². The first-order valence-corrected chi connectivity index (χ1v) is 5.50. The number of rotatable bonds is 4. The van der Waals surface area contributed by atoms with Crippen LogP contribution in [0.3, 0.4) is 0 Å². The molecular weight excluding hydrogens is 214 g/mol. The van der Waals surface area contributed by atoms with Gasteiger partial charge in [0.15, 0.2) is 0 Å². The van der Waals surface area contributed by atoms with Crippen LogP contribution in [0.2, 0.25) is 0 Å². The summed E-state index contributed by atoms with van der Waals surface area (Å²) in [6, 6.07) is 14.6. The highest BCUT2D eigenvalue weighted by molar-refractivity contribution is 6.53. The molecule has 86 valence electrons. The first kappa shape index (κ1) is 11.7. The number of methoxy groups -OCH3 is 1. The highest BCUT2D eigenvalue weighted by Gasteiger charge is 1.91. The molecule has 0 aliphatic heterocycles. The Morgan fingerprint density at radius 3 is 2.41 bits per heavy atom. The fraction of sp³-hybridized carbons (Fsp3) is 0.143. The summed E-state index contributed by atoms with van der Waals surface area (Å²) in [6.07, 6.45) is 0.713. The number of halogens is 1. The standard InChI is InChI=1S/C14H13BFO/c1-17-12-8-6-11(7-9-12)10-15-13-4-2-3-5-14(13)16/h2-9H,10H2,1H3/q-1. The minimum atomic E-state index is -0.180. The van der Waals surface area contributed by atoms with Gasteiger partial charge in [-0.25, -0.2) is 16.2 Å². The van der Waals surface area contributed by atoms with Gasteiger partial charge in [0, 0.05) is 0 Å². The van der Waals surface area contributed by atoms with Gasteiger partial charge in [0.05, 0.1) is 12.9 Å². The van der Waals surface area contributed by atoms with Crippen LogP contribution in [-0.4, -0.2) is 14.4 Å². The average molecular weight is 227 g/mol. The molecule has 0 N–H and O–H groups in total. The molecule has 0 fully saturated rings. The highest BCUT2D eigenvalue weighted by Crippen LogP contribution is 2.11. The fourth-order valence-corrected chi connectivity index (χ4v) is 1.63. The van der Waals surface area contributed by atoms with Gasteiger partial charge in [-0.05, 0) is 18.2 Å². The molecule has 2 aromatic rings. The van der Waals surface area contributed by atoms with Gasteiger partial charge in [-0.3, -0.25) is 7.28 Å². The molecule has 17 heavy (non-hydrogen) atoms. The summed E-state index contributed by atoms with van der Waals surface area (Å²) in [5.74, 6) is 0.653. The third kappa shape index (κ3) is 3.10. The second-order valence-electron chi connectivity index (χ2n) is 3.78. The van der Waals surface area contributed by atoms with Gasteiger partial charge in [-0.1, -0.05) is 29.8 Å². The lowest BCUT2D eigenvalue weighted by atomic mass is 9.65. The van der Waals surface area contributed by atoms with Gasteiger partial charge in [0.2, 0.25) is 0 Å². The summed E-state index contributed by atoms with van der Waals surface area (Å²) in [7, 11) is 3.53. The van der Waals surface area contributed by atoms with Crippen LogP contribution in [0.1, 0.15) is 5.56 Å². The zero-order valence-corrected chi connectivity index (χ0v) is 9.69. The molecule has 0 saturated heterocycles. The van der Waals surface area contributed by atoms with Gasteiger partial charge < -0.3 is 4.74 Å². The molecule has 3 heteroatoms. The van der Waals surface area contributed by atoms with Crippen molar-refractivity contribution in [2.24, 2.45) is 0 Å². The Hall–Kier alpha value is -1.77. The van der Waals surface area contributed by atoms with Crippen molar-refractivity contribution in [3.63, 3.8) is 0 Å². The summed E-state index contributed by atoms with van der Waals surface area (Å²) in [6.45, 7) is 0. The van der Waals surface area contributed by atoms with Crippen molar-refractivity contribution in [2.45, 2.75) is 6.32 Å². The normalized spacial score (nSPS) is 10.2. The molecule has 1 nitrogen and oxygen atoms in total. The van der Waals surface area contributed by atoms with E-state index in [1.165, 1.54) is 6.07 Å². The monoisotopic (exact) mass is 227 g/mol. The van der Waals surface area contributed by atoms with E-state index in [-0.39, 0.29) is 5.82 Å². The van der Waals surface area contributed by atoms with Crippen LogP contribution in [-0.2, 0) is 6.32 Å². The Balaban J connectivity index is 2.00. The summed E-state index contributed by atoms with van der Waals surface area (Å²) in [5.41, 5.74) is 1.78. The van der Waals surface area contributed by atoms with Gasteiger partial charge in [-0.15, -0.1) is 6.07 Å². The molecule has 0 bridgehead atoms. The van der Waals surface area contributed by atoms with E-state index < -0.39 is 0 Å². The third-order valence-electron chi connectivity index (χ3n) is 2.62. The molecule has 0 amide bonds. The van der Waals surface area contributed by atoms with Crippen LogP contribution >= 0.6 is 0 Å². The van der Waals surface area contributed by atoms with Gasteiger partial charge >= 0.3 is 0 Å². The predicted molar refractivity (Wildman–Crippen MR) is 68.5 cm³/mol. The van der Waals surface area contributed by atoms with Crippen LogP contribution in [0.15, 0.2) is 48.5 Å². The first-order chi connectivity index (χ1) is 8.29. The number of hydrogen-bond acceptors (Lipinski definition) is 1. The Morgan fingerprint density at radius 1 is 1.06 bits per heavy atom. The van der Waals surface area contributed by atoms with Gasteiger partial charge in [0.1, 0.15) is 5.75 Å². The van der Waals surface area contributed by atoms with Crippen LogP contribution in [0.25, 0.3) is 0 Å². The van der Waals surface area contributed by atoms with Crippen molar-refractivity contribution in [1.82, 2.24) is 0 Å². The van der Waals surface area contributed by atoms with E-state index in [2.05, 4.69) is 0 Å². The highest BCUT2D eigenvalue weighted by atomic mass is 19.1. The minimum Gasteiger partial charge on any atom is -0.497 e. The smallest absolute Gasteiger partial charge is 0.118 e. The maximum Gasteiger partial charge on any atom is 0.118 e. The minimum absolute atomic E-state index is 0.180. The van der Waals surface area contributed by atoms with E-state index in [9.17, 15) is 4.39 Å². The molecule has 0 aliphatic rings. The summed E-state index contributed by atoms with van der Waals surface area (Å²) < 4.78 is 18.4. The fourth-order valence-electron chi connectivity index (χ4n) is 1.63. The number of hydrogen-bond donors (Lipinski definition) is 0. The van der Waals surface area contributed by atoms with Gasteiger partial charge in [0.25, 0.3) is 0 Å². The van der Waals surface area contributed by atoms with Crippen molar-refractivity contribution in [1.29, 1.82) is 0 Å². The van der Waals surface area contributed by atoms with Crippen molar-refractivity contribution in [3.05, 3.63) is 59.9 Å². The molecule has 0 saturated carbocycles. The lowest BCUT2D eigenvalue weighted by molar-refractivity contribution is 0.414. The Kier molecular flexibility index (Phi) is 3.81. The van der Waals surface area contributed by atoms with E-state index in [0.717, 1.165) is 11.3 Å². The molecular formula is C14H13BFO-. The van der Waals surface area contributed by atoms with E-state index in [1.807, 2.05) is 37.6 Å². The van der Waals surface area contributed by atoms with Crippen LogP contribution in [0, 0.1) is 5.82 Å². The molecule has 0 atom stereocenters. The zero-order valence-electron chi connectivity index (χ0n) is 9.69. The van der Waals surface area contributed by atoms with Crippen LogP contribution < -0.4 is 10.2 Å². The Labute approximate surface area is 101 Å². The average Bonchev–Trinajstić information content (AvgIpc) is 2.38. The predicted octanol–water partition coefficient (Wildman–Crippen LogP) is 2.36. The van der Waals surface area contributed by atoms with E-state index in [1.54, 1.807) is 19.2 Å². The van der Waals surface area contributed by atoms with Crippen molar-refractivity contribution >= 4 is 12.7 Å².